The van der Waals surface area contributed by atoms with E-state index in [9.17, 15) is 25.2 Å². The number of aliphatic hydroxyl groups is 4. The number of unbranched alkanes of at least 4 members (excludes halogenated alkanes) is 23. The van der Waals surface area contributed by atoms with Gasteiger partial charge >= 0.3 is 0 Å². The maximum atomic E-state index is 12.4. The third-order valence-corrected chi connectivity index (χ3v) is 8.57. The van der Waals surface area contributed by atoms with E-state index < -0.39 is 36.9 Å². The summed E-state index contributed by atoms with van der Waals surface area (Å²) in [6, 6.07) is -0.975. The molecule has 6 nitrogen and oxygen atoms in total. The van der Waals surface area contributed by atoms with Crippen molar-refractivity contribution in [2.24, 2.45) is 0 Å². The molecule has 4 atom stereocenters. The van der Waals surface area contributed by atoms with Crippen LogP contribution in [0.4, 0.5) is 0 Å². The van der Waals surface area contributed by atoms with Crippen LogP contribution in [0.25, 0.3) is 0 Å². The van der Waals surface area contributed by atoms with E-state index >= 15 is 0 Å². The summed E-state index contributed by atoms with van der Waals surface area (Å²) in [5.74, 6) is -0.584. The molecule has 41 heavy (non-hydrogen) atoms. The lowest BCUT2D eigenvalue weighted by Crippen LogP contribution is -2.53. The van der Waals surface area contributed by atoms with Crippen LogP contribution in [0.1, 0.15) is 187 Å². The molecule has 0 rings (SSSR count). The first-order chi connectivity index (χ1) is 20.0. The van der Waals surface area contributed by atoms with E-state index in [0.29, 0.717) is 12.8 Å². The molecule has 0 aliphatic heterocycles. The van der Waals surface area contributed by atoms with Gasteiger partial charge in [0.15, 0.2) is 0 Å². The van der Waals surface area contributed by atoms with Crippen molar-refractivity contribution in [1.29, 1.82) is 0 Å². The average Bonchev–Trinajstić information content (AvgIpc) is 2.98. The van der Waals surface area contributed by atoms with E-state index in [0.717, 1.165) is 38.5 Å². The molecule has 0 radical (unpaired) electrons. The fraction of sp³-hybridized carbons (Fsp3) is 0.971. The van der Waals surface area contributed by atoms with E-state index in [1.54, 1.807) is 0 Å². The first-order valence-electron chi connectivity index (χ1n) is 17.9. The molecule has 0 saturated carbocycles. The second kappa shape index (κ2) is 30.8. The summed E-state index contributed by atoms with van der Waals surface area (Å²) in [6.07, 6.45) is 28.5. The average molecular weight is 586 g/mol. The van der Waals surface area contributed by atoms with Crippen LogP contribution in [-0.2, 0) is 4.79 Å². The lowest BCUT2D eigenvalue weighted by molar-refractivity contribution is -0.132. The highest BCUT2D eigenvalue weighted by atomic mass is 16.3. The maximum absolute atomic E-state index is 12.4. The molecule has 0 aromatic rings. The van der Waals surface area contributed by atoms with Gasteiger partial charge in [0.05, 0.1) is 18.8 Å². The van der Waals surface area contributed by atoms with E-state index in [1.807, 2.05) is 0 Å². The summed E-state index contributed by atoms with van der Waals surface area (Å²) >= 11 is 0. The van der Waals surface area contributed by atoms with Gasteiger partial charge in [0, 0.05) is 0 Å². The molecule has 0 saturated heterocycles. The van der Waals surface area contributed by atoms with E-state index in [-0.39, 0.29) is 0 Å². The van der Waals surface area contributed by atoms with E-state index in [2.05, 4.69) is 19.2 Å². The quantitative estimate of drug-likeness (QED) is 0.0512. The predicted octanol–water partition coefficient (Wildman–Crippen LogP) is 8.12. The molecule has 0 fully saturated rings. The zero-order valence-corrected chi connectivity index (χ0v) is 27.3. The number of rotatable bonds is 32. The summed E-state index contributed by atoms with van der Waals surface area (Å²) in [5, 5.41) is 43.2. The molecule has 0 aromatic carbocycles. The first-order valence-corrected chi connectivity index (χ1v) is 17.9. The molecule has 0 aliphatic rings. The highest BCUT2D eigenvalue weighted by Gasteiger charge is 2.28. The number of hydrogen-bond donors (Lipinski definition) is 5. The Morgan fingerprint density at radius 3 is 1.17 bits per heavy atom. The summed E-state index contributed by atoms with van der Waals surface area (Å²) in [4.78, 5) is 12.4. The van der Waals surface area contributed by atoms with Gasteiger partial charge in [-0.1, -0.05) is 174 Å². The van der Waals surface area contributed by atoms with Crippen molar-refractivity contribution in [1.82, 2.24) is 5.32 Å². The van der Waals surface area contributed by atoms with Crippen molar-refractivity contribution in [3.05, 3.63) is 0 Å². The van der Waals surface area contributed by atoms with Crippen LogP contribution in [0.3, 0.4) is 0 Å². The Morgan fingerprint density at radius 1 is 0.512 bits per heavy atom. The van der Waals surface area contributed by atoms with E-state index in [1.165, 1.54) is 122 Å². The van der Waals surface area contributed by atoms with Crippen LogP contribution >= 0.6 is 0 Å². The molecular weight excluding hydrogens is 514 g/mol. The zero-order chi connectivity index (χ0) is 30.4. The van der Waals surface area contributed by atoms with E-state index in [4.69, 9.17) is 0 Å². The summed E-state index contributed by atoms with van der Waals surface area (Å²) in [5.41, 5.74) is 0. The van der Waals surface area contributed by atoms with Crippen LogP contribution in [0.2, 0.25) is 0 Å². The number of hydrogen-bond acceptors (Lipinski definition) is 5. The standard InChI is InChI=1S/C35H71NO5/c1-3-5-7-9-11-13-14-15-16-17-18-19-20-21-23-25-27-29-33(39)35(41)36-31(30-37)34(40)32(38)28-26-24-22-12-10-8-6-4-2/h31-34,37-40H,3-30H2,1-2H3,(H,36,41). The number of amides is 1. The highest BCUT2D eigenvalue weighted by molar-refractivity contribution is 5.80. The smallest absolute Gasteiger partial charge is 0.249 e. The molecule has 1 amide bonds. The Kier molecular flexibility index (Phi) is 30.2. The predicted molar refractivity (Wildman–Crippen MR) is 173 cm³/mol. The van der Waals surface area contributed by atoms with Crippen LogP contribution in [-0.4, -0.2) is 57.3 Å². The largest absolute Gasteiger partial charge is 0.394 e. The number of carbonyl (C=O) groups is 1. The Morgan fingerprint density at radius 2 is 0.829 bits per heavy atom. The minimum absolute atomic E-state index is 0.374. The molecule has 6 heteroatoms. The van der Waals surface area contributed by atoms with Gasteiger partial charge in [0.25, 0.3) is 0 Å². The topological polar surface area (TPSA) is 110 Å². The van der Waals surface area contributed by atoms with Gasteiger partial charge < -0.3 is 25.7 Å². The molecule has 0 heterocycles. The van der Waals surface area contributed by atoms with Crippen LogP contribution < -0.4 is 5.32 Å². The fourth-order valence-corrected chi connectivity index (χ4v) is 5.64. The van der Waals surface area contributed by atoms with Crippen molar-refractivity contribution in [2.75, 3.05) is 6.61 Å². The summed E-state index contributed by atoms with van der Waals surface area (Å²) in [6.45, 7) is 4.00. The minimum atomic E-state index is -1.25. The molecular formula is C35H71NO5. The zero-order valence-electron chi connectivity index (χ0n) is 27.3. The van der Waals surface area contributed by atoms with Gasteiger partial charge in [-0.3, -0.25) is 4.79 Å². The Balaban J connectivity index is 3.74. The molecule has 0 aromatic heterocycles. The Hall–Kier alpha value is -0.690. The van der Waals surface area contributed by atoms with Crippen LogP contribution in [0, 0.1) is 0 Å². The molecule has 4 unspecified atom stereocenters. The van der Waals surface area contributed by atoms with Crippen molar-refractivity contribution < 1.29 is 25.2 Å². The van der Waals surface area contributed by atoms with Crippen molar-refractivity contribution in [2.45, 2.75) is 212 Å². The molecule has 0 aliphatic carbocycles. The summed E-state index contributed by atoms with van der Waals surface area (Å²) in [7, 11) is 0. The molecule has 0 spiro atoms. The minimum Gasteiger partial charge on any atom is -0.394 e. The first kappa shape index (κ1) is 40.3. The molecule has 246 valence electrons. The fourth-order valence-electron chi connectivity index (χ4n) is 5.64. The lowest BCUT2D eigenvalue weighted by atomic mass is 9.99. The van der Waals surface area contributed by atoms with Gasteiger partial charge in [0.1, 0.15) is 12.2 Å². The Bertz CT molecular complexity index is 547. The second-order valence-electron chi connectivity index (χ2n) is 12.6. The second-order valence-corrected chi connectivity index (χ2v) is 12.6. The number of aliphatic hydroxyl groups excluding tert-OH is 4. The maximum Gasteiger partial charge on any atom is 0.249 e. The van der Waals surface area contributed by atoms with Crippen molar-refractivity contribution in [3.63, 3.8) is 0 Å². The van der Waals surface area contributed by atoms with Gasteiger partial charge in [-0.05, 0) is 12.8 Å². The van der Waals surface area contributed by atoms with Crippen molar-refractivity contribution >= 4 is 5.91 Å². The van der Waals surface area contributed by atoms with Gasteiger partial charge in [0.2, 0.25) is 5.91 Å². The van der Waals surface area contributed by atoms with Gasteiger partial charge in [-0.2, -0.15) is 0 Å². The van der Waals surface area contributed by atoms with Gasteiger partial charge in [-0.15, -0.1) is 0 Å². The normalized spacial score (nSPS) is 14.6. The SMILES string of the molecule is CCCCCCCCCCCCCCCCCCCC(O)C(=O)NC(CO)C(O)C(O)CCCCCCCCCC. The lowest BCUT2D eigenvalue weighted by Gasteiger charge is -2.27. The summed E-state index contributed by atoms with van der Waals surface area (Å²) < 4.78 is 0. The number of carbonyl (C=O) groups excluding carboxylic acids is 1. The monoisotopic (exact) mass is 586 g/mol. The van der Waals surface area contributed by atoms with Crippen LogP contribution in [0.15, 0.2) is 0 Å². The third kappa shape index (κ3) is 25.5. The third-order valence-electron chi connectivity index (χ3n) is 8.57. The Labute approximate surface area is 254 Å². The molecule has 5 N–H and O–H groups in total. The van der Waals surface area contributed by atoms with Crippen LogP contribution in [0.5, 0.6) is 0 Å². The highest BCUT2D eigenvalue weighted by Crippen LogP contribution is 2.16. The number of nitrogens with one attached hydrogen (secondary N) is 1. The molecule has 0 bridgehead atoms. The van der Waals surface area contributed by atoms with Crippen molar-refractivity contribution in [3.8, 4) is 0 Å². The van der Waals surface area contributed by atoms with Gasteiger partial charge in [-0.25, -0.2) is 0 Å².